The Hall–Kier alpha value is -0.480. The van der Waals surface area contributed by atoms with Crippen molar-refractivity contribution in [3.05, 3.63) is 11.6 Å². The van der Waals surface area contributed by atoms with Gasteiger partial charge >= 0.3 is 5.97 Å². The van der Waals surface area contributed by atoms with Gasteiger partial charge in [0.1, 0.15) is 0 Å². The summed E-state index contributed by atoms with van der Waals surface area (Å²) in [4.78, 5) is 11.2. The highest BCUT2D eigenvalue weighted by atomic mass is 32.2. The first-order valence-corrected chi connectivity index (χ1v) is 7.34. The van der Waals surface area contributed by atoms with Crippen molar-refractivity contribution in [2.24, 2.45) is 0 Å². The Morgan fingerprint density at radius 1 is 1.53 bits per heavy atom. The zero-order valence-corrected chi connectivity index (χ0v) is 11.8. The minimum atomic E-state index is -0.238. The second-order valence-corrected chi connectivity index (χ2v) is 5.83. The van der Waals surface area contributed by atoms with Crippen molar-refractivity contribution in [2.75, 3.05) is 19.4 Å². The van der Waals surface area contributed by atoms with Gasteiger partial charge in [0.15, 0.2) is 0 Å². The SMILES string of the molecule is CCSC1CCCC1NC/C=C(/C)C(=O)OC. The summed E-state index contributed by atoms with van der Waals surface area (Å²) >= 11 is 2.04. The Morgan fingerprint density at radius 3 is 2.94 bits per heavy atom. The normalized spacial score (nSPS) is 25.0. The van der Waals surface area contributed by atoms with E-state index in [4.69, 9.17) is 0 Å². The van der Waals surface area contributed by atoms with Crippen molar-refractivity contribution in [2.45, 2.75) is 44.4 Å². The number of hydrogen-bond donors (Lipinski definition) is 1. The number of nitrogens with one attached hydrogen (secondary N) is 1. The first kappa shape index (κ1) is 14.6. The van der Waals surface area contributed by atoms with E-state index in [0.29, 0.717) is 11.6 Å². The van der Waals surface area contributed by atoms with Crippen LogP contribution >= 0.6 is 11.8 Å². The maximum atomic E-state index is 11.2. The Kier molecular flexibility index (Phi) is 6.66. The first-order valence-electron chi connectivity index (χ1n) is 6.29. The van der Waals surface area contributed by atoms with Gasteiger partial charge < -0.3 is 10.1 Å². The lowest BCUT2D eigenvalue weighted by Crippen LogP contribution is -2.34. The van der Waals surface area contributed by atoms with Gasteiger partial charge in [0.05, 0.1) is 7.11 Å². The van der Waals surface area contributed by atoms with Crippen LogP contribution in [0.4, 0.5) is 0 Å². The molecule has 1 aliphatic rings. The summed E-state index contributed by atoms with van der Waals surface area (Å²) in [7, 11) is 1.41. The Bertz CT molecular complexity index is 279. The predicted molar refractivity (Wildman–Crippen MR) is 73.3 cm³/mol. The van der Waals surface area contributed by atoms with Crippen LogP contribution in [0.25, 0.3) is 0 Å². The average Bonchev–Trinajstić information content (AvgIpc) is 2.76. The van der Waals surface area contributed by atoms with E-state index in [2.05, 4.69) is 17.0 Å². The van der Waals surface area contributed by atoms with E-state index in [0.717, 1.165) is 11.8 Å². The molecule has 0 aliphatic heterocycles. The number of carbonyl (C=O) groups is 1. The van der Waals surface area contributed by atoms with E-state index >= 15 is 0 Å². The molecule has 0 bridgehead atoms. The Morgan fingerprint density at radius 2 is 2.29 bits per heavy atom. The van der Waals surface area contributed by atoms with Gasteiger partial charge in [-0.3, -0.25) is 0 Å². The molecule has 0 spiro atoms. The van der Waals surface area contributed by atoms with Gasteiger partial charge in [0, 0.05) is 23.4 Å². The molecule has 0 heterocycles. The molecule has 17 heavy (non-hydrogen) atoms. The average molecular weight is 257 g/mol. The van der Waals surface area contributed by atoms with Crippen LogP contribution in [-0.4, -0.2) is 36.7 Å². The van der Waals surface area contributed by atoms with Crippen LogP contribution in [0.15, 0.2) is 11.6 Å². The van der Waals surface area contributed by atoms with Crippen LogP contribution < -0.4 is 5.32 Å². The molecule has 0 aromatic carbocycles. The third-order valence-electron chi connectivity index (χ3n) is 3.13. The summed E-state index contributed by atoms with van der Waals surface area (Å²) in [6.07, 6.45) is 5.80. The Balaban J connectivity index is 2.32. The number of methoxy groups -OCH3 is 1. The summed E-state index contributed by atoms with van der Waals surface area (Å²) in [6, 6.07) is 0.599. The van der Waals surface area contributed by atoms with E-state index in [1.807, 2.05) is 17.8 Å². The number of thioether (sulfide) groups is 1. The van der Waals surface area contributed by atoms with Gasteiger partial charge in [-0.2, -0.15) is 11.8 Å². The van der Waals surface area contributed by atoms with Crippen molar-refractivity contribution >= 4 is 17.7 Å². The van der Waals surface area contributed by atoms with Gasteiger partial charge in [-0.15, -0.1) is 0 Å². The van der Waals surface area contributed by atoms with E-state index in [-0.39, 0.29) is 5.97 Å². The summed E-state index contributed by atoms with van der Waals surface area (Å²) < 4.78 is 4.66. The monoisotopic (exact) mass is 257 g/mol. The lowest BCUT2D eigenvalue weighted by Gasteiger charge is -2.19. The zero-order chi connectivity index (χ0) is 12.7. The smallest absolute Gasteiger partial charge is 0.333 e. The topological polar surface area (TPSA) is 38.3 Å². The van der Waals surface area contributed by atoms with Crippen LogP contribution in [0.2, 0.25) is 0 Å². The second kappa shape index (κ2) is 7.77. The minimum absolute atomic E-state index is 0.238. The largest absolute Gasteiger partial charge is 0.466 e. The van der Waals surface area contributed by atoms with E-state index < -0.39 is 0 Å². The molecule has 1 N–H and O–H groups in total. The van der Waals surface area contributed by atoms with Crippen LogP contribution in [-0.2, 0) is 9.53 Å². The molecule has 1 saturated carbocycles. The van der Waals surface area contributed by atoms with Crippen molar-refractivity contribution < 1.29 is 9.53 Å². The van der Waals surface area contributed by atoms with Crippen LogP contribution in [0.1, 0.15) is 33.1 Å². The summed E-state index contributed by atoms with van der Waals surface area (Å²) in [6.45, 7) is 4.76. The first-order chi connectivity index (χ1) is 8.19. The second-order valence-electron chi connectivity index (χ2n) is 4.32. The van der Waals surface area contributed by atoms with Gasteiger partial charge in [-0.25, -0.2) is 4.79 Å². The molecule has 1 fully saturated rings. The van der Waals surface area contributed by atoms with E-state index in [1.165, 1.54) is 32.1 Å². The number of hydrogen-bond acceptors (Lipinski definition) is 4. The highest BCUT2D eigenvalue weighted by Crippen LogP contribution is 2.29. The summed E-state index contributed by atoms with van der Waals surface area (Å²) in [5.74, 6) is 0.942. The quantitative estimate of drug-likeness (QED) is 0.585. The number of rotatable bonds is 6. The van der Waals surface area contributed by atoms with E-state index in [1.54, 1.807) is 6.92 Å². The third kappa shape index (κ3) is 4.72. The molecule has 0 aromatic rings. The molecular formula is C13H23NO2S. The molecule has 3 nitrogen and oxygen atoms in total. The fourth-order valence-electron chi connectivity index (χ4n) is 2.18. The summed E-state index contributed by atoms with van der Waals surface area (Å²) in [5, 5.41) is 4.26. The molecule has 1 rings (SSSR count). The highest BCUT2D eigenvalue weighted by molar-refractivity contribution is 7.99. The van der Waals surface area contributed by atoms with Crippen molar-refractivity contribution in [1.82, 2.24) is 5.32 Å². The fourth-order valence-corrected chi connectivity index (χ4v) is 3.41. The molecule has 2 unspecified atom stereocenters. The van der Waals surface area contributed by atoms with Gasteiger partial charge in [0.2, 0.25) is 0 Å². The van der Waals surface area contributed by atoms with Crippen LogP contribution in [0.5, 0.6) is 0 Å². The maximum absolute atomic E-state index is 11.2. The van der Waals surface area contributed by atoms with Crippen molar-refractivity contribution in [3.8, 4) is 0 Å². The molecule has 0 amide bonds. The zero-order valence-electron chi connectivity index (χ0n) is 11.0. The van der Waals surface area contributed by atoms with E-state index in [9.17, 15) is 4.79 Å². The Labute approximate surface area is 108 Å². The maximum Gasteiger partial charge on any atom is 0.333 e. The molecule has 0 radical (unpaired) electrons. The molecule has 98 valence electrons. The summed E-state index contributed by atoms with van der Waals surface area (Å²) in [5.41, 5.74) is 0.678. The molecule has 2 atom stereocenters. The van der Waals surface area contributed by atoms with Gasteiger partial charge in [0.25, 0.3) is 0 Å². The van der Waals surface area contributed by atoms with Crippen molar-refractivity contribution in [3.63, 3.8) is 0 Å². The standard InChI is InChI=1S/C13H23NO2S/c1-4-17-12-7-5-6-11(12)14-9-8-10(2)13(15)16-3/h8,11-12,14H,4-7,9H2,1-3H3/b10-8-. The third-order valence-corrected chi connectivity index (χ3v) is 4.45. The lowest BCUT2D eigenvalue weighted by molar-refractivity contribution is -0.136. The minimum Gasteiger partial charge on any atom is -0.466 e. The number of carbonyl (C=O) groups excluding carboxylic acids is 1. The predicted octanol–water partition coefficient (Wildman–Crippen LogP) is 2.37. The van der Waals surface area contributed by atoms with Crippen LogP contribution in [0.3, 0.4) is 0 Å². The molecule has 4 heteroatoms. The molecule has 0 saturated heterocycles. The van der Waals surface area contributed by atoms with Gasteiger partial charge in [-0.1, -0.05) is 19.4 Å². The van der Waals surface area contributed by atoms with Gasteiger partial charge in [-0.05, 0) is 25.5 Å². The number of ether oxygens (including phenoxy) is 1. The lowest BCUT2D eigenvalue weighted by atomic mass is 10.2. The fraction of sp³-hybridized carbons (Fsp3) is 0.769. The van der Waals surface area contributed by atoms with Crippen molar-refractivity contribution in [1.29, 1.82) is 0 Å². The highest BCUT2D eigenvalue weighted by Gasteiger charge is 2.26. The number of esters is 1. The molecule has 0 aromatic heterocycles. The molecule has 1 aliphatic carbocycles. The molecular weight excluding hydrogens is 234 g/mol. The van der Waals surface area contributed by atoms with Crippen LogP contribution in [0, 0.1) is 0 Å².